The van der Waals surface area contributed by atoms with E-state index >= 15 is 0 Å². The van der Waals surface area contributed by atoms with Crippen molar-refractivity contribution in [2.75, 3.05) is 0 Å². The monoisotopic (exact) mass is 1490 g/mol. The first-order valence-electron chi connectivity index (χ1n) is 42.8. The summed E-state index contributed by atoms with van der Waals surface area (Å²) in [5, 5.41) is 7.86. The minimum absolute atomic E-state index is 0.309. The third-order valence-electron chi connectivity index (χ3n) is 14.1. The van der Waals surface area contributed by atoms with Crippen molar-refractivity contribution in [2.45, 2.75) is 225 Å². The normalized spacial score (nSPS) is 8.62. The highest BCUT2D eigenvalue weighted by atomic mass is 14.2. The van der Waals surface area contributed by atoms with Crippen LogP contribution in [0.15, 0.2) is 382 Å². The van der Waals surface area contributed by atoms with Gasteiger partial charge in [-0.25, -0.2) is 0 Å². The van der Waals surface area contributed by atoms with Crippen molar-refractivity contribution < 1.29 is 0 Å². The van der Waals surface area contributed by atoms with Crippen LogP contribution in [0.5, 0.6) is 0 Å². The van der Waals surface area contributed by atoms with Crippen LogP contribution in [0.2, 0.25) is 0 Å². The second-order valence-electron chi connectivity index (χ2n) is 20.6. The number of rotatable bonds is 5. The van der Waals surface area contributed by atoms with Crippen molar-refractivity contribution in [1.29, 1.82) is 0 Å². The zero-order valence-corrected chi connectivity index (χ0v) is 75.3. The van der Waals surface area contributed by atoms with Crippen LogP contribution in [0.25, 0.3) is 32.3 Å². The zero-order valence-electron chi connectivity index (χ0n) is 75.3. The highest BCUT2D eigenvalue weighted by Gasteiger charge is 2.16. The van der Waals surface area contributed by atoms with E-state index in [9.17, 15) is 0 Å². The second kappa shape index (κ2) is 88.8. The first-order valence-corrected chi connectivity index (χ1v) is 42.8. The lowest BCUT2D eigenvalue weighted by Gasteiger charge is -2.18. The summed E-state index contributed by atoms with van der Waals surface area (Å²) in [5.74, 6) is 0.309. The highest BCUT2D eigenvalue weighted by Crippen LogP contribution is 2.32. The first kappa shape index (κ1) is 112. The molecule has 111 heavy (non-hydrogen) atoms. The second-order valence-corrected chi connectivity index (χ2v) is 20.6. The molecule has 0 aliphatic heterocycles. The van der Waals surface area contributed by atoms with Gasteiger partial charge in [-0.05, 0) is 102 Å². The van der Waals surface area contributed by atoms with Gasteiger partial charge in [-0.1, -0.05) is 582 Å². The molecule has 0 amide bonds. The summed E-state index contributed by atoms with van der Waals surface area (Å²) < 4.78 is 0. The maximum Gasteiger partial charge on any atom is 0.0339 e. The average molecular weight is 1490 g/mol. The van der Waals surface area contributed by atoms with E-state index in [1.807, 2.05) is 216 Å². The fraction of sp³-hybridized carbons (Fsp3) is 0.297. The molecule has 0 unspecified atom stereocenters. The van der Waals surface area contributed by atoms with Crippen LogP contribution in [0.1, 0.15) is 256 Å². The van der Waals surface area contributed by atoms with Gasteiger partial charge in [0.15, 0.2) is 0 Å². The maximum absolute atomic E-state index is 2.24. The molecular weight excluding hydrogens is 1330 g/mol. The van der Waals surface area contributed by atoms with Crippen LogP contribution in [0.3, 0.4) is 0 Å². The summed E-state index contributed by atoms with van der Waals surface area (Å²) >= 11 is 0. The third-order valence-corrected chi connectivity index (χ3v) is 14.1. The smallest absolute Gasteiger partial charge is 0.0339 e. The van der Waals surface area contributed by atoms with Gasteiger partial charge in [0, 0.05) is 5.92 Å². The summed E-state index contributed by atoms with van der Waals surface area (Å²) in [7, 11) is 0. The van der Waals surface area contributed by atoms with Crippen LogP contribution in [-0.2, 0) is 19.3 Å². The van der Waals surface area contributed by atoms with E-state index in [4.69, 9.17) is 0 Å². The van der Waals surface area contributed by atoms with Crippen LogP contribution in [0, 0.1) is 0 Å². The summed E-state index contributed by atoms with van der Waals surface area (Å²) in [6.07, 6.45) is 4.49. The number of fused-ring (bicyclic) bond motifs is 5. The number of hydrogen-bond donors (Lipinski definition) is 0. The molecule has 15 rings (SSSR count). The van der Waals surface area contributed by atoms with Crippen LogP contribution in [0.4, 0.5) is 0 Å². The lowest BCUT2D eigenvalue weighted by Crippen LogP contribution is -2.06. The summed E-state index contributed by atoms with van der Waals surface area (Å²) in [4.78, 5) is 0. The molecule has 0 spiro atoms. The molecule has 600 valence electrons. The minimum atomic E-state index is 0.309. The highest BCUT2D eigenvalue weighted by molar-refractivity contribution is 5.83. The first-order chi connectivity index (χ1) is 55.1. The van der Waals surface area contributed by atoms with Crippen LogP contribution in [-0.4, -0.2) is 0 Å². The molecule has 0 aromatic heterocycles. The fourth-order valence-electron chi connectivity index (χ4n) is 9.94. The predicted molar refractivity (Wildman–Crippen MR) is 516 cm³/mol. The molecular formula is C111H156. The quantitative estimate of drug-likeness (QED) is 0.151. The Kier molecular flexibility index (Phi) is 89.4. The van der Waals surface area contributed by atoms with Gasteiger partial charge in [-0.15, -0.1) is 0 Å². The van der Waals surface area contributed by atoms with E-state index in [1.54, 1.807) is 0 Å². The van der Waals surface area contributed by atoms with Gasteiger partial charge in [-0.2, -0.15) is 0 Å². The summed E-state index contributed by atoms with van der Waals surface area (Å²) in [5.41, 5.74) is 12.7. The maximum atomic E-state index is 2.24. The van der Waals surface area contributed by atoms with Crippen molar-refractivity contribution in [1.82, 2.24) is 0 Å². The number of benzene rings is 14. The molecule has 14 aromatic rings. The Balaban J connectivity index is -0.000000278. The van der Waals surface area contributed by atoms with E-state index in [2.05, 4.69) is 360 Å². The Morgan fingerprint density at radius 3 is 0.432 bits per heavy atom. The van der Waals surface area contributed by atoms with Gasteiger partial charge in [0.1, 0.15) is 0 Å². The summed E-state index contributed by atoms with van der Waals surface area (Å²) in [6.45, 7) is 56.2. The van der Waals surface area contributed by atoms with Crippen molar-refractivity contribution in [2.24, 2.45) is 0 Å². The van der Waals surface area contributed by atoms with E-state index in [-0.39, 0.29) is 0 Å². The standard InChI is InChI=1S/C19H16.C14H12.C13H12.3C10H8.C6H6.C3H8.13C2H6/c1-4-10-16(11-5-1)19(17-12-6-2-7-13-17)18-14-8-3-9-15-18;1-2-6-12-10-14-8-4-3-7-13(14)9-11(12)5-1;1-3-7-12(8-4-1)11-13-9-5-2-6-10-13;3*1-2-6-10-8-4-3-7-9(10)5-1;1-2-4-6-5-3-1;1-3-2;13*1-2/h1-15,19H;1-8H,9-10H2;1-10H,11H2;3*1-8H;1-6H;3H2,1-2H3;13*1-2H3. The van der Waals surface area contributed by atoms with Gasteiger partial charge in [-0.3, -0.25) is 0 Å². The average Bonchev–Trinajstić information content (AvgIpc) is 0.815. The van der Waals surface area contributed by atoms with Gasteiger partial charge < -0.3 is 0 Å². The van der Waals surface area contributed by atoms with Gasteiger partial charge in [0.2, 0.25) is 0 Å². The zero-order chi connectivity index (χ0) is 84.6. The Labute approximate surface area is 685 Å². The molecule has 0 N–H and O–H groups in total. The van der Waals surface area contributed by atoms with Crippen molar-refractivity contribution >= 4 is 32.3 Å². The minimum Gasteiger partial charge on any atom is -0.0683 e. The SMILES string of the molecule is CC.CC.CC.CC.CC.CC.CC.CC.CC.CC.CC.CC.CC.CCC.c1ccc(C(c2ccccc2)c2ccccc2)cc1.c1ccc(Cc2ccccc2)cc1.c1ccc2c(c1)Cc1ccccc1C2.c1ccc2ccccc2c1.c1ccc2ccccc2c1.c1ccc2ccccc2c1.c1ccccc1. The Bertz CT molecular complexity index is 3400. The Hall–Kier alpha value is -10.1. The van der Waals surface area contributed by atoms with Crippen molar-refractivity contribution in [3.63, 3.8) is 0 Å². The van der Waals surface area contributed by atoms with Crippen molar-refractivity contribution in [3.8, 4) is 0 Å². The van der Waals surface area contributed by atoms with Crippen LogP contribution >= 0.6 is 0 Å². The Morgan fingerprint density at radius 1 is 0.162 bits per heavy atom. The molecule has 0 saturated carbocycles. The molecule has 0 bridgehead atoms. The molecule has 1 aliphatic carbocycles. The topological polar surface area (TPSA) is 0 Å². The van der Waals surface area contributed by atoms with E-state index in [0.717, 1.165) is 19.3 Å². The molecule has 0 fully saturated rings. The van der Waals surface area contributed by atoms with Gasteiger partial charge in [0.25, 0.3) is 0 Å². The molecule has 0 atom stereocenters. The molecule has 14 aromatic carbocycles. The lowest BCUT2D eigenvalue weighted by atomic mass is 9.85. The van der Waals surface area contributed by atoms with Gasteiger partial charge >= 0.3 is 0 Å². The Morgan fingerprint density at radius 2 is 0.279 bits per heavy atom. The molecule has 0 heteroatoms. The lowest BCUT2D eigenvalue weighted by molar-refractivity contribution is 0.977. The number of hydrogen-bond acceptors (Lipinski definition) is 0. The molecule has 0 saturated heterocycles. The molecule has 0 heterocycles. The molecule has 0 radical (unpaired) electrons. The van der Waals surface area contributed by atoms with Gasteiger partial charge in [0.05, 0.1) is 0 Å². The van der Waals surface area contributed by atoms with E-state index in [1.165, 1.54) is 88.8 Å². The molecule has 1 aliphatic rings. The third kappa shape index (κ3) is 51.8. The summed E-state index contributed by atoms with van der Waals surface area (Å²) in [6, 6.07) is 133. The van der Waals surface area contributed by atoms with E-state index < -0.39 is 0 Å². The fourth-order valence-corrected chi connectivity index (χ4v) is 9.94. The largest absolute Gasteiger partial charge is 0.0683 e. The van der Waals surface area contributed by atoms with Crippen LogP contribution < -0.4 is 0 Å². The predicted octanol–water partition coefficient (Wildman–Crippen LogP) is 36.3. The van der Waals surface area contributed by atoms with Crippen molar-refractivity contribution in [3.05, 3.63) is 432 Å². The molecule has 0 nitrogen and oxygen atoms in total. The van der Waals surface area contributed by atoms with E-state index in [0.29, 0.717) is 5.92 Å².